The highest BCUT2D eigenvalue weighted by Gasteiger charge is 2.09. The van der Waals surface area contributed by atoms with Crippen LogP contribution in [-0.4, -0.2) is 28.6 Å². The van der Waals surface area contributed by atoms with Crippen LogP contribution in [0.5, 0.6) is 0 Å². The van der Waals surface area contributed by atoms with Gasteiger partial charge in [0.05, 0.1) is 23.4 Å². The lowest BCUT2D eigenvalue weighted by Crippen LogP contribution is -2.21. The van der Waals surface area contributed by atoms with Gasteiger partial charge in [-0.15, -0.1) is 0 Å². The van der Waals surface area contributed by atoms with E-state index in [2.05, 4.69) is 16.0 Å². The first-order valence-corrected chi connectivity index (χ1v) is 6.95. The standard InChI is InChI=1S/C17H19N3O/c1-20(13-16-11-14(12-18)7-9-19-16)10-8-17(21)15-5-3-2-4-6-15/h2-7,9,11,17,21H,8,10,13H2,1H3. The number of nitrogens with zero attached hydrogens (tertiary/aromatic N) is 3. The lowest BCUT2D eigenvalue weighted by atomic mass is 10.1. The summed E-state index contributed by atoms with van der Waals surface area (Å²) < 4.78 is 0. The molecule has 0 radical (unpaired) electrons. The average Bonchev–Trinajstić information content (AvgIpc) is 2.53. The molecule has 1 aromatic carbocycles. The summed E-state index contributed by atoms with van der Waals surface area (Å²) in [4.78, 5) is 6.35. The highest BCUT2D eigenvalue weighted by molar-refractivity contribution is 5.28. The van der Waals surface area contributed by atoms with Crippen molar-refractivity contribution < 1.29 is 5.11 Å². The van der Waals surface area contributed by atoms with Crippen LogP contribution in [0.3, 0.4) is 0 Å². The molecule has 108 valence electrons. The molecule has 0 saturated heterocycles. The monoisotopic (exact) mass is 281 g/mol. The van der Waals surface area contributed by atoms with Crippen molar-refractivity contribution in [1.29, 1.82) is 5.26 Å². The maximum Gasteiger partial charge on any atom is 0.0992 e. The van der Waals surface area contributed by atoms with Gasteiger partial charge in [0.15, 0.2) is 0 Å². The van der Waals surface area contributed by atoms with Crippen LogP contribution in [0.1, 0.15) is 29.3 Å². The van der Waals surface area contributed by atoms with Crippen LogP contribution in [0.25, 0.3) is 0 Å². The molecule has 0 fully saturated rings. The molecule has 1 atom stereocenters. The van der Waals surface area contributed by atoms with Crippen LogP contribution in [0.15, 0.2) is 48.7 Å². The second-order valence-electron chi connectivity index (χ2n) is 5.10. The minimum atomic E-state index is -0.452. The smallest absolute Gasteiger partial charge is 0.0992 e. The van der Waals surface area contributed by atoms with E-state index in [1.165, 1.54) is 0 Å². The molecule has 0 bridgehead atoms. The van der Waals surface area contributed by atoms with E-state index in [9.17, 15) is 5.11 Å². The van der Waals surface area contributed by atoms with Crippen LogP contribution in [0.2, 0.25) is 0 Å². The third-order valence-corrected chi connectivity index (χ3v) is 3.35. The molecule has 0 aliphatic carbocycles. The van der Waals surface area contributed by atoms with Crippen molar-refractivity contribution in [3.8, 4) is 6.07 Å². The van der Waals surface area contributed by atoms with Crippen molar-refractivity contribution in [2.45, 2.75) is 19.1 Å². The minimum absolute atomic E-state index is 0.452. The third kappa shape index (κ3) is 4.67. The number of rotatable bonds is 6. The fourth-order valence-electron chi connectivity index (χ4n) is 2.17. The van der Waals surface area contributed by atoms with E-state index in [0.717, 1.165) is 17.8 Å². The van der Waals surface area contributed by atoms with Crippen LogP contribution < -0.4 is 0 Å². The summed E-state index contributed by atoms with van der Waals surface area (Å²) in [7, 11) is 1.98. The van der Waals surface area contributed by atoms with E-state index < -0.39 is 6.10 Å². The molecule has 0 aliphatic heterocycles. The summed E-state index contributed by atoms with van der Waals surface area (Å²) in [6.45, 7) is 1.42. The number of aromatic nitrogens is 1. The van der Waals surface area contributed by atoms with Gasteiger partial charge < -0.3 is 10.0 Å². The van der Waals surface area contributed by atoms with Gasteiger partial charge in [0.1, 0.15) is 0 Å². The van der Waals surface area contributed by atoms with Gasteiger partial charge >= 0.3 is 0 Å². The molecule has 21 heavy (non-hydrogen) atoms. The van der Waals surface area contributed by atoms with E-state index in [1.807, 2.05) is 37.4 Å². The van der Waals surface area contributed by atoms with Crippen LogP contribution in [-0.2, 0) is 6.54 Å². The normalized spacial score (nSPS) is 12.1. The SMILES string of the molecule is CN(CCC(O)c1ccccc1)Cc1cc(C#N)ccn1. The summed E-state index contributed by atoms with van der Waals surface area (Å²) >= 11 is 0. The second kappa shape index (κ2) is 7.53. The molecule has 4 heteroatoms. The Kier molecular flexibility index (Phi) is 5.44. The zero-order valence-corrected chi connectivity index (χ0v) is 12.1. The van der Waals surface area contributed by atoms with Gasteiger partial charge in [0.25, 0.3) is 0 Å². The Morgan fingerprint density at radius 3 is 2.76 bits per heavy atom. The highest BCUT2D eigenvalue weighted by Crippen LogP contribution is 2.16. The average molecular weight is 281 g/mol. The molecule has 1 unspecified atom stereocenters. The number of benzene rings is 1. The molecule has 4 nitrogen and oxygen atoms in total. The van der Waals surface area contributed by atoms with Crippen molar-refractivity contribution in [2.24, 2.45) is 0 Å². The molecule has 2 aromatic rings. The maximum atomic E-state index is 10.1. The topological polar surface area (TPSA) is 60.1 Å². The van der Waals surface area contributed by atoms with Crippen molar-refractivity contribution in [3.05, 3.63) is 65.5 Å². The molecule has 1 N–H and O–H groups in total. The first-order valence-electron chi connectivity index (χ1n) is 6.95. The fourth-order valence-corrected chi connectivity index (χ4v) is 2.17. The first-order chi connectivity index (χ1) is 10.2. The number of pyridine rings is 1. The molecule has 0 amide bonds. The lowest BCUT2D eigenvalue weighted by Gasteiger charge is -2.18. The molecule has 1 aromatic heterocycles. The van der Waals surface area contributed by atoms with Gasteiger partial charge in [-0.3, -0.25) is 4.98 Å². The molecule has 2 rings (SSSR count). The van der Waals surface area contributed by atoms with Crippen molar-refractivity contribution in [3.63, 3.8) is 0 Å². The summed E-state index contributed by atoms with van der Waals surface area (Å²) in [6.07, 6.45) is 1.87. The van der Waals surface area contributed by atoms with Gasteiger partial charge in [0.2, 0.25) is 0 Å². The van der Waals surface area contributed by atoms with Crippen molar-refractivity contribution >= 4 is 0 Å². The number of nitriles is 1. The molecule has 0 aliphatic rings. The molecular formula is C17H19N3O. The molecule has 1 heterocycles. The lowest BCUT2D eigenvalue weighted by molar-refractivity contribution is 0.147. The van der Waals surface area contributed by atoms with Crippen molar-refractivity contribution in [1.82, 2.24) is 9.88 Å². The first kappa shape index (κ1) is 15.2. The second-order valence-corrected chi connectivity index (χ2v) is 5.10. The summed E-state index contributed by atoms with van der Waals surface area (Å²) in [5.74, 6) is 0. The molecule has 0 spiro atoms. The van der Waals surface area contributed by atoms with E-state index in [4.69, 9.17) is 5.26 Å². The Bertz CT molecular complexity index is 607. The predicted octanol–water partition coefficient (Wildman–Crippen LogP) is 2.51. The van der Waals surface area contributed by atoms with E-state index >= 15 is 0 Å². The maximum absolute atomic E-state index is 10.1. The van der Waals surface area contributed by atoms with Crippen LogP contribution >= 0.6 is 0 Å². The van der Waals surface area contributed by atoms with Gasteiger partial charge in [-0.05, 0) is 31.2 Å². The zero-order valence-electron chi connectivity index (χ0n) is 12.1. The summed E-state index contributed by atoms with van der Waals surface area (Å²) in [5.41, 5.74) is 2.43. The molecule has 0 saturated carbocycles. The van der Waals surface area contributed by atoms with E-state index in [1.54, 1.807) is 18.3 Å². The van der Waals surface area contributed by atoms with Crippen molar-refractivity contribution in [2.75, 3.05) is 13.6 Å². The van der Waals surface area contributed by atoms with E-state index in [0.29, 0.717) is 18.5 Å². The van der Waals surface area contributed by atoms with Gasteiger partial charge in [-0.25, -0.2) is 0 Å². The molecular weight excluding hydrogens is 262 g/mol. The highest BCUT2D eigenvalue weighted by atomic mass is 16.3. The largest absolute Gasteiger partial charge is 0.388 e. The van der Waals surface area contributed by atoms with Crippen LogP contribution in [0, 0.1) is 11.3 Å². The summed E-state index contributed by atoms with van der Waals surface area (Å²) in [5, 5.41) is 19.0. The quantitative estimate of drug-likeness (QED) is 0.883. The Morgan fingerprint density at radius 1 is 1.29 bits per heavy atom. The van der Waals surface area contributed by atoms with Gasteiger partial charge in [0, 0.05) is 19.3 Å². The third-order valence-electron chi connectivity index (χ3n) is 3.35. The Labute approximate surface area is 125 Å². The predicted molar refractivity (Wildman–Crippen MR) is 81.3 cm³/mol. The Morgan fingerprint density at radius 2 is 2.05 bits per heavy atom. The minimum Gasteiger partial charge on any atom is -0.388 e. The van der Waals surface area contributed by atoms with E-state index in [-0.39, 0.29) is 0 Å². The number of aliphatic hydroxyl groups is 1. The number of hydrogen-bond donors (Lipinski definition) is 1. The van der Waals surface area contributed by atoms with Gasteiger partial charge in [-0.2, -0.15) is 5.26 Å². The Balaban J connectivity index is 1.84. The Hall–Kier alpha value is -2.22. The number of aliphatic hydroxyl groups excluding tert-OH is 1. The fraction of sp³-hybridized carbons (Fsp3) is 0.294. The van der Waals surface area contributed by atoms with Crippen LogP contribution in [0.4, 0.5) is 0 Å². The van der Waals surface area contributed by atoms with Gasteiger partial charge in [-0.1, -0.05) is 30.3 Å². The summed E-state index contributed by atoms with van der Waals surface area (Å²) in [6, 6.07) is 15.3. The zero-order chi connectivity index (χ0) is 15.1. The number of hydrogen-bond acceptors (Lipinski definition) is 4.